The van der Waals surface area contributed by atoms with Crippen LogP contribution in [0.5, 0.6) is 0 Å². The van der Waals surface area contributed by atoms with E-state index in [1.54, 1.807) is 0 Å². The number of rotatable bonds is 5. The summed E-state index contributed by atoms with van der Waals surface area (Å²) in [6, 6.07) is 0. The van der Waals surface area contributed by atoms with Crippen LogP contribution in [0.25, 0.3) is 0 Å². The third kappa shape index (κ3) is 3.15. The maximum atomic E-state index is 12.5. The number of allylic oxidation sites excluding steroid dienone is 1. The van der Waals surface area contributed by atoms with Crippen molar-refractivity contribution in [3.63, 3.8) is 0 Å². The number of fused-ring (bicyclic) bond motifs is 3. The molecule has 1 saturated heterocycles. The van der Waals surface area contributed by atoms with E-state index < -0.39 is 8.32 Å². The molecule has 0 amide bonds. The highest BCUT2D eigenvalue weighted by Gasteiger charge is 2.58. The van der Waals surface area contributed by atoms with E-state index in [0.717, 1.165) is 12.8 Å². The molecular weight excluding hydrogens is 352 g/mol. The minimum absolute atomic E-state index is 0.0178. The first kappa shape index (κ1) is 21.1. The van der Waals surface area contributed by atoms with Crippen LogP contribution in [0.15, 0.2) is 12.2 Å². The first-order valence-electron chi connectivity index (χ1n) is 11.1. The summed E-state index contributed by atoms with van der Waals surface area (Å²) >= 11 is 0. The SMILES string of the molecule is CC(C)[Si](O[C@H]1CC[C@@]2(C)[C@@H](C=C[C@@H]3COC(=O)[C@@H]32)[C@@H]1C)(C(C)C)C(C)C. The average Bonchev–Trinajstić information content (AvgIpc) is 2.95. The van der Waals surface area contributed by atoms with Gasteiger partial charge in [0.1, 0.15) is 0 Å². The Hall–Kier alpha value is -0.613. The summed E-state index contributed by atoms with van der Waals surface area (Å²) in [6.07, 6.45) is 7.09. The van der Waals surface area contributed by atoms with Gasteiger partial charge in [0, 0.05) is 12.0 Å². The van der Waals surface area contributed by atoms with E-state index in [0.29, 0.717) is 41.2 Å². The molecule has 0 aromatic rings. The fraction of sp³-hybridized carbons (Fsp3) is 0.870. The van der Waals surface area contributed by atoms with Gasteiger partial charge >= 0.3 is 5.97 Å². The van der Waals surface area contributed by atoms with Crippen LogP contribution in [0.2, 0.25) is 16.6 Å². The zero-order valence-electron chi connectivity index (χ0n) is 18.6. The molecule has 0 N–H and O–H groups in total. The fourth-order valence-electron chi connectivity index (χ4n) is 7.04. The van der Waals surface area contributed by atoms with Gasteiger partial charge in [-0.1, -0.05) is 67.5 Å². The van der Waals surface area contributed by atoms with Crippen LogP contribution < -0.4 is 0 Å². The van der Waals surface area contributed by atoms with Gasteiger partial charge in [0.05, 0.1) is 12.5 Å². The standard InChI is InChI=1S/C23H40O3Si/c1-14(2)27(15(3)4,16(5)6)26-20-11-12-23(8)19(17(20)7)10-9-18-13-25-22(24)21(18)23/h9-10,14-21H,11-13H2,1-8H3/t17-,18+,19-,20-,21+,23-/m0/s1. The van der Waals surface area contributed by atoms with Crippen molar-refractivity contribution in [3.8, 4) is 0 Å². The molecule has 3 rings (SSSR count). The van der Waals surface area contributed by atoms with E-state index in [-0.39, 0.29) is 23.2 Å². The smallest absolute Gasteiger partial charge is 0.310 e. The number of carbonyl (C=O) groups is 1. The highest BCUT2D eigenvalue weighted by Crippen LogP contribution is 2.58. The lowest BCUT2D eigenvalue weighted by atomic mass is 9.52. The van der Waals surface area contributed by atoms with Gasteiger partial charge in [-0.25, -0.2) is 0 Å². The summed E-state index contributed by atoms with van der Waals surface area (Å²) in [6.45, 7) is 19.4. The second-order valence-corrected chi connectivity index (χ2v) is 16.0. The minimum atomic E-state index is -1.89. The van der Waals surface area contributed by atoms with Gasteiger partial charge in [-0.3, -0.25) is 4.79 Å². The summed E-state index contributed by atoms with van der Waals surface area (Å²) < 4.78 is 12.6. The molecule has 0 radical (unpaired) electrons. The van der Waals surface area contributed by atoms with E-state index in [1.807, 2.05) is 0 Å². The molecule has 0 aromatic carbocycles. The monoisotopic (exact) mass is 392 g/mol. The summed E-state index contributed by atoms with van der Waals surface area (Å²) in [4.78, 5) is 12.5. The summed E-state index contributed by atoms with van der Waals surface area (Å²) in [5.41, 5.74) is 1.83. The van der Waals surface area contributed by atoms with Crippen LogP contribution in [0, 0.1) is 29.1 Å². The first-order valence-corrected chi connectivity index (χ1v) is 13.2. The Bertz CT molecular complexity index is 575. The van der Waals surface area contributed by atoms with Crippen LogP contribution >= 0.6 is 0 Å². The van der Waals surface area contributed by atoms with E-state index in [4.69, 9.17) is 9.16 Å². The Labute approximate surface area is 167 Å². The molecule has 6 atom stereocenters. The van der Waals surface area contributed by atoms with Crippen molar-refractivity contribution in [3.05, 3.63) is 12.2 Å². The molecule has 3 aliphatic rings. The van der Waals surface area contributed by atoms with Gasteiger partial charge in [-0.05, 0) is 46.7 Å². The van der Waals surface area contributed by atoms with Gasteiger partial charge in [0.25, 0.3) is 0 Å². The molecular formula is C23H40O3Si. The Balaban J connectivity index is 1.87. The predicted molar refractivity (Wildman–Crippen MR) is 113 cm³/mol. The van der Waals surface area contributed by atoms with Gasteiger partial charge in [0.15, 0.2) is 0 Å². The number of hydrogen-bond acceptors (Lipinski definition) is 3. The second kappa shape index (κ2) is 7.33. The topological polar surface area (TPSA) is 35.5 Å². The van der Waals surface area contributed by atoms with Crippen molar-refractivity contribution >= 4 is 14.3 Å². The lowest BCUT2D eigenvalue weighted by Crippen LogP contribution is -2.56. The third-order valence-electron chi connectivity index (χ3n) is 8.32. The Morgan fingerprint density at radius 3 is 2.26 bits per heavy atom. The number of carbonyl (C=O) groups excluding carboxylic acids is 1. The molecule has 0 unspecified atom stereocenters. The molecule has 0 spiro atoms. The van der Waals surface area contributed by atoms with Crippen LogP contribution in [-0.2, 0) is 14.0 Å². The summed E-state index contributed by atoms with van der Waals surface area (Å²) in [5, 5.41) is 0. The highest BCUT2D eigenvalue weighted by atomic mass is 28.4. The van der Waals surface area contributed by atoms with Gasteiger partial charge in [0.2, 0.25) is 8.32 Å². The van der Waals surface area contributed by atoms with E-state index in [2.05, 4.69) is 67.5 Å². The average molecular weight is 393 g/mol. The van der Waals surface area contributed by atoms with Crippen molar-refractivity contribution in [2.45, 2.75) is 91.0 Å². The van der Waals surface area contributed by atoms with Crippen LogP contribution in [-0.4, -0.2) is 27.0 Å². The Morgan fingerprint density at radius 2 is 1.70 bits per heavy atom. The number of esters is 1. The molecule has 0 aromatic heterocycles. The van der Waals surface area contributed by atoms with Crippen molar-refractivity contribution in [1.82, 2.24) is 0 Å². The van der Waals surface area contributed by atoms with Crippen molar-refractivity contribution in [2.24, 2.45) is 29.1 Å². The van der Waals surface area contributed by atoms with Crippen LogP contribution in [0.3, 0.4) is 0 Å². The lowest BCUT2D eigenvalue weighted by molar-refractivity contribution is -0.148. The zero-order valence-corrected chi connectivity index (χ0v) is 19.6. The third-order valence-corrected chi connectivity index (χ3v) is 14.4. The summed E-state index contributed by atoms with van der Waals surface area (Å²) in [7, 11) is -1.89. The van der Waals surface area contributed by atoms with Gasteiger partial charge in [-0.15, -0.1) is 0 Å². The molecule has 3 nitrogen and oxygen atoms in total. The van der Waals surface area contributed by atoms with Crippen molar-refractivity contribution in [2.75, 3.05) is 6.61 Å². The number of hydrogen-bond donors (Lipinski definition) is 0. The molecule has 1 saturated carbocycles. The van der Waals surface area contributed by atoms with E-state index in [9.17, 15) is 4.79 Å². The number of cyclic esters (lactones) is 1. The molecule has 1 heterocycles. The van der Waals surface area contributed by atoms with Gasteiger partial charge < -0.3 is 9.16 Å². The molecule has 2 fully saturated rings. The van der Waals surface area contributed by atoms with Crippen molar-refractivity contribution < 1.29 is 14.0 Å². The Kier molecular flexibility index (Phi) is 5.73. The molecule has 27 heavy (non-hydrogen) atoms. The van der Waals surface area contributed by atoms with Crippen LogP contribution in [0.1, 0.15) is 68.2 Å². The molecule has 4 heteroatoms. The van der Waals surface area contributed by atoms with Crippen LogP contribution in [0.4, 0.5) is 0 Å². The lowest BCUT2D eigenvalue weighted by Gasteiger charge is -2.55. The molecule has 0 bridgehead atoms. The highest BCUT2D eigenvalue weighted by molar-refractivity contribution is 6.77. The number of ether oxygens (including phenoxy) is 1. The van der Waals surface area contributed by atoms with Crippen molar-refractivity contribution in [1.29, 1.82) is 0 Å². The molecule has 1 aliphatic heterocycles. The second-order valence-electron chi connectivity index (χ2n) is 10.6. The zero-order chi connectivity index (χ0) is 20.1. The first-order chi connectivity index (χ1) is 12.6. The fourth-order valence-corrected chi connectivity index (χ4v) is 12.7. The Morgan fingerprint density at radius 1 is 1.11 bits per heavy atom. The summed E-state index contributed by atoms with van der Waals surface area (Å²) in [5.74, 6) is 1.19. The van der Waals surface area contributed by atoms with E-state index >= 15 is 0 Å². The maximum absolute atomic E-state index is 12.5. The molecule has 2 aliphatic carbocycles. The van der Waals surface area contributed by atoms with Gasteiger partial charge in [-0.2, -0.15) is 0 Å². The largest absolute Gasteiger partial charge is 0.465 e. The van der Waals surface area contributed by atoms with E-state index in [1.165, 1.54) is 0 Å². The quantitative estimate of drug-likeness (QED) is 0.329. The predicted octanol–water partition coefficient (Wildman–Crippen LogP) is 5.96. The molecule has 154 valence electrons. The normalized spacial score (nSPS) is 39.1. The minimum Gasteiger partial charge on any atom is -0.465 e. The maximum Gasteiger partial charge on any atom is 0.310 e.